The van der Waals surface area contributed by atoms with Crippen LogP contribution in [0, 0.1) is 18.8 Å². The fourth-order valence-electron chi connectivity index (χ4n) is 1.59. The number of aliphatic hydroxyl groups excluding tert-OH is 2. The molecular formula is C14H17NO3. The van der Waals surface area contributed by atoms with Gasteiger partial charge >= 0.3 is 0 Å². The van der Waals surface area contributed by atoms with Crippen molar-refractivity contribution < 1.29 is 15.0 Å². The third kappa shape index (κ3) is 3.88. The molecule has 0 fully saturated rings. The Morgan fingerprint density at radius 3 is 2.67 bits per heavy atom. The summed E-state index contributed by atoms with van der Waals surface area (Å²) in [6.45, 7) is 1.91. The van der Waals surface area contributed by atoms with Gasteiger partial charge in [-0.1, -0.05) is 11.8 Å². The molecule has 0 unspecified atom stereocenters. The van der Waals surface area contributed by atoms with Crippen LogP contribution in [0.25, 0.3) is 0 Å². The van der Waals surface area contributed by atoms with Crippen molar-refractivity contribution in [1.29, 1.82) is 0 Å². The van der Waals surface area contributed by atoms with Gasteiger partial charge in [0, 0.05) is 24.7 Å². The molecule has 0 atom stereocenters. The Labute approximate surface area is 107 Å². The van der Waals surface area contributed by atoms with E-state index >= 15 is 0 Å². The minimum atomic E-state index is -0.207. The smallest absolute Gasteiger partial charge is 0.253 e. The summed E-state index contributed by atoms with van der Waals surface area (Å²) in [5.74, 6) is 5.18. The van der Waals surface area contributed by atoms with Crippen LogP contribution in [0.5, 0.6) is 0 Å². The van der Waals surface area contributed by atoms with Crippen molar-refractivity contribution in [2.45, 2.75) is 6.92 Å². The summed E-state index contributed by atoms with van der Waals surface area (Å²) in [5, 5.41) is 17.5. The number of likely N-dealkylation sites (N-methyl/N-ethyl adjacent to an activating group) is 1. The zero-order valence-electron chi connectivity index (χ0n) is 10.6. The van der Waals surface area contributed by atoms with Crippen molar-refractivity contribution in [2.75, 3.05) is 26.8 Å². The lowest BCUT2D eigenvalue weighted by molar-refractivity contribution is 0.0767. The van der Waals surface area contributed by atoms with E-state index in [1.807, 2.05) is 13.0 Å². The molecule has 96 valence electrons. The standard InChI is InChI=1S/C14H17NO3/c1-11-8-12(4-3-6-16)10-13(9-11)14(18)15(2)5-7-17/h8-10,16-17H,5-7H2,1-2H3. The van der Waals surface area contributed by atoms with Gasteiger partial charge in [-0.2, -0.15) is 0 Å². The molecule has 0 saturated carbocycles. The minimum absolute atomic E-state index is 0.0643. The first kappa shape index (κ1) is 14.2. The van der Waals surface area contributed by atoms with Crippen LogP contribution in [0.3, 0.4) is 0 Å². The number of amides is 1. The molecule has 0 saturated heterocycles. The van der Waals surface area contributed by atoms with Gasteiger partial charge in [-0.15, -0.1) is 0 Å². The topological polar surface area (TPSA) is 60.8 Å². The maximum absolute atomic E-state index is 12.0. The Morgan fingerprint density at radius 1 is 1.33 bits per heavy atom. The van der Waals surface area contributed by atoms with Gasteiger partial charge in [0.15, 0.2) is 0 Å². The van der Waals surface area contributed by atoms with Gasteiger partial charge < -0.3 is 15.1 Å². The average molecular weight is 247 g/mol. The molecule has 2 N–H and O–H groups in total. The Morgan fingerprint density at radius 2 is 2.06 bits per heavy atom. The minimum Gasteiger partial charge on any atom is -0.395 e. The molecule has 18 heavy (non-hydrogen) atoms. The molecule has 0 heterocycles. The fourth-order valence-corrected chi connectivity index (χ4v) is 1.59. The SMILES string of the molecule is Cc1cc(C#CCO)cc(C(=O)N(C)CCO)c1. The van der Waals surface area contributed by atoms with Gasteiger partial charge in [0.2, 0.25) is 0 Å². The number of carbonyl (C=O) groups is 1. The first-order valence-corrected chi connectivity index (χ1v) is 5.66. The van der Waals surface area contributed by atoms with E-state index in [0.29, 0.717) is 17.7 Å². The predicted octanol–water partition coefficient (Wildman–Crippen LogP) is 0.403. The summed E-state index contributed by atoms with van der Waals surface area (Å²) >= 11 is 0. The number of nitrogens with zero attached hydrogens (tertiary/aromatic N) is 1. The van der Waals surface area contributed by atoms with E-state index in [1.165, 1.54) is 4.90 Å². The number of carbonyl (C=O) groups excluding carboxylic acids is 1. The van der Waals surface area contributed by atoms with Gasteiger partial charge in [0.1, 0.15) is 6.61 Å². The van der Waals surface area contributed by atoms with Crippen LogP contribution in [0.4, 0.5) is 0 Å². The normalized spacial score (nSPS) is 9.56. The van der Waals surface area contributed by atoms with Crippen LogP contribution in [-0.2, 0) is 0 Å². The first-order chi connectivity index (χ1) is 8.58. The van der Waals surface area contributed by atoms with Gasteiger partial charge in [-0.25, -0.2) is 0 Å². The van der Waals surface area contributed by atoms with Gasteiger partial charge in [0.25, 0.3) is 5.91 Å². The van der Waals surface area contributed by atoms with Crippen LogP contribution >= 0.6 is 0 Å². The van der Waals surface area contributed by atoms with E-state index in [4.69, 9.17) is 10.2 Å². The molecule has 4 nitrogen and oxygen atoms in total. The average Bonchev–Trinajstić information content (AvgIpc) is 2.35. The number of benzene rings is 1. The lowest BCUT2D eigenvalue weighted by atomic mass is 10.1. The lowest BCUT2D eigenvalue weighted by Crippen LogP contribution is -2.29. The highest BCUT2D eigenvalue weighted by molar-refractivity contribution is 5.94. The highest BCUT2D eigenvalue weighted by Crippen LogP contribution is 2.11. The Bertz CT molecular complexity index is 486. The molecule has 0 aliphatic heterocycles. The van der Waals surface area contributed by atoms with E-state index in [1.54, 1.807) is 19.2 Å². The van der Waals surface area contributed by atoms with E-state index < -0.39 is 0 Å². The van der Waals surface area contributed by atoms with E-state index in [-0.39, 0.29) is 19.1 Å². The van der Waals surface area contributed by atoms with Crippen molar-refractivity contribution in [3.63, 3.8) is 0 Å². The summed E-state index contributed by atoms with van der Waals surface area (Å²) in [5.41, 5.74) is 2.17. The number of rotatable bonds is 3. The molecule has 1 aromatic rings. The highest BCUT2D eigenvalue weighted by Gasteiger charge is 2.11. The highest BCUT2D eigenvalue weighted by atomic mass is 16.3. The Balaban J connectivity index is 3.02. The molecule has 0 aliphatic carbocycles. The summed E-state index contributed by atoms with van der Waals surface area (Å²) in [4.78, 5) is 13.5. The van der Waals surface area contributed by atoms with Gasteiger partial charge in [-0.05, 0) is 30.7 Å². The number of hydrogen-bond acceptors (Lipinski definition) is 3. The molecule has 4 heteroatoms. The third-order valence-corrected chi connectivity index (χ3v) is 2.42. The predicted molar refractivity (Wildman–Crippen MR) is 69.2 cm³/mol. The summed E-state index contributed by atoms with van der Waals surface area (Å²) in [6, 6.07) is 5.32. The van der Waals surface area contributed by atoms with Crippen LogP contribution in [0.15, 0.2) is 18.2 Å². The van der Waals surface area contributed by atoms with Crippen LogP contribution in [0.1, 0.15) is 21.5 Å². The van der Waals surface area contributed by atoms with Crippen LogP contribution in [-0.4, -0.2) is 47.8 Å². The molecule has 0 aliphatic rings. The Kier molecular flexibility index (Phi) is 5.37. The largest absolute Gasteiger partial charge is 0.395 e. The zero-order valence-corrected chi connectivity index (χ0v) is 10.6. The Hall–Kier alpha value is -1.83. The van der Waals surface area contributed by atoms with Crippen molar-refractivity contribution in [3.8, 4) is 11.8 Å². The third-order valence-electron chi connectivity index (χ3n) is 2.42. The molecule has 1 amide bonds. The second kappa shape index (κ2) is 6.80. The van der Waals surface area contributed by atoms with E-state index in [2.05, 4.69) is 11.8 Å². The first-order valence-electron chi connectivity index (χ1n) is 5.66. The molecule has 0 bridgehead atoms. The van der Waals surface area contributed by atoms with Crippen LogP contribution in [0.2, 0.25) is 0 Å². The summed E-state index contributed by atoms with van der Waals surface area (Å²) in [7, 11) is 1.64. The number of aliphatic hydroxyl groups is 2. The van der Waals surface area contributed by atoms with Crippen molar-refractivity contribution in [2.24, 2.45) is 0 Å². The summed E-state index contributed by atoms with van der Waals surface area (Å²) in [6.07, 6.45) is 0. The molecular weight excluding hydrogens is 230 g/mol. The maximum atomic E-state index is 12.0. The fraction of sp³-hybridized carbons (Fsp3) is 0.357. The molecule has 0 radical (unpaired) electrons. The molecule has 0 aromatic heterocycles. The van der Waals surface area contributed by atoms with Crippen LogP contribution < -0.4 is 0 Å². The number of aryl methyl sites for hydroxylation is 1. The van der Waals surface area contributed by atoms with Gasteiger partial charge in [0.05, 0.1) is 6.61 Å². The maximum Gasteiger partial charge on any atom is 0.253 e. The van der Waals surface area contributed by atoms with E-state index in [9.17, 15) is 4.79 Å². The quantitative estimate of drug-likeness (QED) is 0.760. The summed E-state index contributed by atoms with van der Waals surface area (Å²) < 4.78 is 0. The lowest BCUT2D eigenvalue weighted by Gasteiger charge is -2.16. The van der Waals surface area contributed by atoms with E-state index in [0.717, 1.165) is 5.56 Å². The van der Waals surface area contributed by atoms with Crippen molar-refractivity contribution in [1.82, 2.24) is 4.90 Å². The van der Waals surface area contributed by atoms with Crippen molar-refractivity contribution in [3.05, 3.63) is 34.9 Å². The zero-order chi connectivity index (χ0) is 13.5. The molecule has 0 spiro atoms. The second-order valence-electron chi connectivity index (χ2n) is 4.00. The molecule has 1 rings (SSSR count). The van der Waals surface area contributed by atoms with Gasteiger partial charge in [-0.3, -0.25) is 4.79 Å². The molecule has 1 aromatic carbocycles. The number of hydrogen-bond donors (Lipinski definition) is 2. The van der Waals surface area contributed by atoms with Crippen molar-refractivity contribution >= 4 is 5.91 Å². The monoisotopic (exact) mass is 247 g/mol. The second-order valence-corrected chi connectivity index (χ2v) is 4.00.